The van der Waals surface area contributed by atoms with Crippen molar-refractivity contribution in [3.05, 3.63) is 57.8 Å². The van der Waals surface area contributed by atoms with Gasteiger partial charge in [0.1, 0.15) is 6.61 Å². The maximum Gasteiger partial charge on any atom is 0.257 e. The van der Waals surface area contributed by atoms with Crippen molar-refractivity contribution < 1.29 is 9.90 Å². The lowest BCUT2D eigenvalue weighted by molar-refractivity contribution is 0.102. The number of benzene rings is 1. The number of amides is 1. The van der Waals surface area contributed by atoms with Crippen LogP contribution < -0.4 is 5.32 Å². The molecule has 2 rings (SSSR count). The molecule has 0 atom stereocenters. The van der Waals surface area contributed by atoms with Gasteiger partial charge in [-0.3, -0.25) is 9.78 Å². The molecule has 0 unspecified atom stereocenters. The SMILES string of the molecule is O=C(Nc1cc(Cl)cc(Cl)c1)c1ccncc1C#CCO. The summed E-state index contributed by atoms with van der Waals surface area (Å²) in [5, 5.41) is 12.3. The topological polar surface area (TPSA) is 62.2 Å². The Labute approximate surface area is 131 Å². The molecule has 21 heavy (non-hydrogen) atoms. The average molecular weight is 321 g/mol. The monoisotopic (exact) mass is 320 g/mol. The third-order valence-corrected chi connectivity index (χ3v) is 2.92. The second kappa shape index (κ2) is 7.09. The number of carbonyl (C=O) groups is 1. The van der Waals surface area contributed by atoms with E-state index in [1.54, 1.807) is 24.3 Å². The van der Waals surface area contributed by atoms with Gasteiger partial charge < -0.3 is 10.4 Å². The lowest BCUT2D eigenvalue weighted by atomic mass is 10.1. The fourth-order valence-corrected chi connectivity index (χ4v) is 2.18. The second-order valence-electron chi connectivity index (χ2n) is 3.99. The van der Waals surface area contributed by atoms with Crippen LogP contribution in [0.2, 0.25) is 10.0 Å². The summed E-state index contributed by atoms with van der Waals surface area (Å²) in [6, 6.07) is 6.30. The number of hydrogen-bond donors (Lipinski definition) is 2. The Morgan fingerprint density at radius 2 is 2.00 bits per heavy atom. The van der Waals surface area contributed by atoms with Gasteiger partial charge in [0.05, 0.1) is 11.1 Å². The normalized spacial score (nSPS) is 9.67. The van der Waals surface area contributed by atoms with Crippen molar-refractivity contribution in [2.24, 2.45) is 0 Å². The Hall–Kier alpha value is -2.06. The highest BCUT2D eigenvalue weighted by molar-refractivity contribution is 6.35. The van der Waals surface area contributed by atoms with Gasteiger partial charge in [-0.25, -0.2) is 0 Å². The Kier molecular flexibility index (Phi) is 5.18. The first-order valence-electron chi connectivity index (χ1n) is 5.91. The van der Waals surface area contributed by atoms with Gasteiger partial charge in [-0.05, 0) is 24.3 Å². The zero-order chi connectivity index (χ0) is 15.2. The molecule has 0 aliphatic carbocycles. The summed E-state index contributed by atoms with van der Waals surface area (Å²) in [5.74, 6) is 4.80. The van der Waals surface area contributed by atoms with Gasteiger partial charge in [0.25, 0.3) is 5.91 Å². The molecule has 0 aliphatic heterocycles. The highest BCUT2D eigenvalue weighted by Gasteiger charge is 2.11. The zero-order valence-electron chi connectivity index (χ0n) is 10.7. The molecule has 106 valence electrons. The summed E-state index contributed by atoms with van der Waals surface area (Å²) < 4.78 is 0. The molecular weight excluding hydrogens is 311 g/mol. The van der Waals surface area contributed by atoms with Crippen molar-refractivity contribution in [1.29, 1.82) is 0 Å². The highest BCUT2D eigenvalue weighted by Crippen LogP contribution is 2.23. The molecule has 0 radical (unpaired) electrons. The van der Waals surface area contributed by atoms with Gasteiger partial charge in [0.2, 0.25) is 0 Å². The summed E-state index contributed by atoms with van der Waals surface area (Å²) in [4.78, 5) is 16.2. The molecule has 0 saturated carbocycles. The highest BCUT2D eigenvalue weighted by atomic mass is 35.5. The molecular formula is C15H10Cl2N2O2. The van der Waals surface area contributed by atoms with Crippen LogP contribution in [0, 0.1) is 11.8 Å². The first-order chi connectivity index (χ1) is 10.1. The maximum absolute atomic E-state index is 12.3. The zero-order valence-corrected chi connectivity index (χ0v) is 12.2. The van der Waals surface area contributed by atoms with Crippen molar-refractivity contribution in [2.75, 3.05) is 11.9 Å². The molecule has 0 spiro atoms. The summed E-state index contributed by atoms with van der Waals surface area (Å²) in [7, 11) is 0. The minimum absolute atomic E-state index is 0.292. The van der Waals surface area contributed by atoms with Crippen LogP contribution in [-0.4, -0.2) is 22.6 Å². The number of nitrogens with one attached hydrogen (secondary N) is 1. The molecule has 2 aromatic rings. The molecule has 4 nitrogen and oxygen atoms in total. The van der Waals surface area contributed by atoms with Crippen molar-refractivity contribution in [1.82, 2.24) is 4.98 Å². The van der Waals surface area contributed by atoms with Crippen LogP contribution >= 0.6 is 23.2 Å². The van der Waals surface area contributed by atoms with Crippen molar-refractivity contribution in [3.8, 4) is 11.8 Å². The van der Waals surface area contributed by atoms with Crippen molar-refractivity contribution in [2.45, 2.75) is 0 Å². The van der Waals surface area contributed by atoms with Crippen LogP contribution in [0.25, 0.3) is 0 Å². The summed E-state index contributed by atoms with van der Waals surface area (Å²) in [6.07, 6.45) is 2.95. The number of hydrogen-bond acceptors (Lipinski definition) is 3. The quantitative estimate of drug-likeness (QED) is 0.836. The van der Waals surface area contributed by atoms with Crippen LogP contribution in [0.3, 0.4) is 0 Å². The van der Waals surface area contributed by atoms with E-state index in [9.17, 15) is 4.79 Å². The van der Waals surface area contributed by atoms with Crippen LogP contribution in [0.4, 0.5) is 5.69 Å². The first kappa shape index (κ1) is 15.3. The fraction of sp³-hybridized carbons (Fsp3) is 0.0667. The van der Waals surface area contributed by atoms with Crippen molar-refractivity contribution >= 4 is 34.8 Å². The van der Waals surface area contributed by atoms with E-state index >= 15 is 0 Å². The van der Waals surface area contributed by atoms with Crippen LogP contribution in [0.5, 0.6) is 0 Å². The van der Waals surface area contributed by atoms with Crippen molar-refractivity contribution in [3.63, 3.8) is 0 Å². The average Bonchev–Trinajstić information content (AvgIpc) is 2.44. The minimum atomic E-state index is -0.363. The third kappa shape index (κ3) is 4.20. The lowest BCUT2D eigenvalue weighted by Gasteiger charge is -2.07. The Bertz CT molecular complexity index is 716. The Balaban J connectivity index is 2.28. The van der Waals surface area contributed by atoms with Gasteiger partial charge in [-0.1, -0.05) is 35.0 Å². The largest absolute Gasteiger partial charge is 0.384 e. The van der Waals surface area contributed by atoms with E-state index in [1.807, 2.05) is 0 Å². The van der Waals surface area contributed by atoms with E-state index in [1.165, 1.54) is 12.4 Å². The predicted octanol–water partition coefficient (Wildman–Crippen LogP) is 2.98. The molecule has 0 aliphatic rings. The van der Waals surface area contributed by atoms with E-state index in [2.05, 4.69) is 22.1 Å². The molecule has 6 heteroatoms. The maximum atomic E-state index is 12.3. The van der Waals surface area contributed by atoms with Gasteiger partial charge in [-0.15, -0.1) is 0 Å². The predicted molar refractivity (Wildman–Crippen MR) is 82.6 cm³/mol. The molecule has 1 heterocycles. The fourth-order valence-electron chi connectivity index (χ4n) is 1.65. The Morgan fingerprint density at radius 1 is 1.29 bits per heavy atom. The number of aliphatic hydroxyl groups excluding tert-OH is 1. The summed E-state index contributed by atoms with van der Waals surface area (Å²) in [6.45, 7) is -0.292. The first-order valence-corrected chi connectivity index (χ1v) is 6.67. The lowest BCUT2D eigenvalue weighted by Crippen LogP contribution is -2.13. The number of pyridine rings is 1. The van der Waals surface area contributed by atoms with E-state index in [0.717, 1.165) is 0 Å². The number of nitrogens with zero attached hydrogens (tertiary/aromatic N) is 1. The Morgan fingerprint density at radius 3 is 2.67 bits per heavy atom. The molecule has 0 saturated heterocycles. The third-order valence-electron chi connectivity index (χ3n) is 2.49. The number of rotatable bonds is 2. The second-order valence-corrected chi connectivity index (χ2v) is 4.87. The number of halogens is 2. The summed E-state index contributed by atoms with van der Waals surface area (Å²) >= 11 is 11.8. The van der Waals surface area contributed by atoms with Gasteiger partial charge in [-0.2, -0.15) is 0 Å². The van der Waals surface area contributed by atoms with Gasteiger partial charge in [0.15, 0.2) is 0 Å². The molecule has 0 fully saturated rings. The van der Waals surface area contributed by atoms with Gasteiger partial charge in [0, 0.05) is 28.1 Å². The molecule has 1 amide bonds. The molecule has 2 N–H and O–H groups in total. The standard InChI is InChI=1S/C15H10Cl2N2O2/c16-11-6-12(17)8-13(7-11)19-15(21)14-3-4-18-9-10(14)2-1-5-20/h3-4,6-9,20H,5H2,(H,19,21). The molecule has 0 bridgehead atoms. The van der Waals surface area contributed by atoms with Gasteiger partial charge >= 0.3 is 0 Å². The van der Waals surface area contributed by atoms with E-state index < -0.39 is 0 Å². The van der Waals surface area contributed by atoms with E-state index in [-0.39, 0.29) is 12.5 Å². The summed E-state index contributed by atoms with van der Waals surface area (Å²) in [5.41, 5.74) is 1.26. The number of carbonyl (C=O) groups excluding carboxylic acids is 1. The van der Waals surface area contributed by atoms with E-state index in [0.29, 0.717) is 26.9 Å². The van der Waals surface area contributed by atoms with Crippen LogP contribution in [0.1, 0.15) is 15.9 Å². The van der Waals surface area contributed by atoms with E-state index in [4.69, 9.17) is 28.3 Å². The smallest absolute Gasteiger partial charge is 0.257 e. The number of aliphatic hydroxyl groups is 1. The molecule has 1 aromatic carbocycles. The minimum Gasteiger partial charge on any atom is -0.384 e. The van der Waals surface area contributed by atoms with Crippen LogP contribution in [-0.2, 0) is 0 Å². The van der Waals surface area contributed by atoms with Crippen LogP contribution in [0.15, 0.2) is 36.7 Å². The number of aromatic nitrogens is 1. The number of anilines is 1. The molecule has 1 aromatic heterocycles.